The lowest BCUT2D eigenvalue weighted by molar-refractivity contribution is 1.30. The molecule has 1 nitrogen and oxygen atoms in total. The summed E-state index contributed by atoms with van der Waals surface area (Å²) in [4.78, 5) is 2.44. The molecule has 0 fully saturated rings. The molecule has 0 saturated carbocycles. The van der Waals surface area contributed by atoms with Crippen LogP contribution >= 0.6 is 11.3 Å². The van der Waals surface area contributed by atoms with Gasteiger partial charge in [-0.25, -0.2) is 0 Å². The SMILES string of the molecule is c1ccc(-c2ccccc2-c2ccc(N(c3ccc(-c4ccccc4-c4ccccc4)cc3)c3ccc(-c4ccccc4)c4sc5ccccc5c34)cc2)cc1. The van der Waals surface area contributed by atoms with Crippen LogP contribution in [0.25, 0.3) is 75.8 Å². The maximum atomic E-state index is 2.44. The Bertz CT molecular complexity index is 2800. The molecule has 0 radical (unpaired) electrons. The lowest BCUT2D eigenvalue weighted by Gasteiger charge is -2.27. The van der Waals surface area contributed by atoms with Crippen molar-refractivity contribution in [2.75, 3.05) is 4.90 Å². The summed E-state index contributed by atoms with van der Waals surface area (Å²) < 4.78 is 2.58. The number of fused-ring (bicyclic) bond motifs is 3. The molecule has 0 bridgehead atoms. The maximum absolute atomic E-state index is 2.44. The first-order chi connectivity index (χ1) is 27.8. The highest BCUT2D eigenvalue weighted by Gasteiger charge is 2.21. The fourth-order valence-electron chi connectivity index (χ4n) is 8.06. The van der Waals surface area contributed by atoms with Gasteiger partial charge < -0.3 is 4.90 Å². The molecule has 0 saturated heterocycles. The summed E-state index contributed by atoms with van der Waals surface area (Å²) in [6.45, 7) is 0. The molecule has 56 heavy (non-hydrogen) atoms. The Labute approximate surface area is 332 Å². The molecule has 0 aliphatic heterocycles. The molecule has 10 aromatic rings. The fraction of sp³-hybridized carbons (Fsp3) is 0. The quantitative estimate of drug-likeness (QED) is 0.150. The third-order valence-electron chi connectivity index (χ3n) is 10.7. The molecule has 10 rings (SSSR count). The van der Waals surface area contributed by atoms with Gasteiger partial charge in [-0.05, 0) is 92.0 Å². The van der Waals surface area contributed by atoms with E-state index in [9.17, 15) is 0 Å². The van der Waals surface area contributed by atoms with Crippen molar-refractivity contribution in [1.29, 1.82) is 0 Å². The van der Waals surface area contributed by atoms with Gasteiger partial charge in [0.1, 0.15) is 0 Å². The number of hydrogen-bond acceptors (Lipinski definition) is 2. The average Bonchev–Trinajstić information content (AvgIpc) is 3.68. The minimum absolute atomic E-state index is 1.10. The van der Waals surface area contributed by atoms with Crippen molar-refractivity contribution in [2.45, 2.75) is 0 Å². The molecule has 0 unspecified atom stereocenters. The van der Waals surface area contributed by atoms with Crippen LogP contribution in [0.2, 0.25) is 0 Å². The number of hydrogen-bond donors (Lipinski definition) is 0. The Morgan fingerprint density at radius 3 is 1.12 bits per heavy atom. The van der Waals surface area contributed by atoms with Gasteiger partial charge in [-0.1, -0.05) is 188 Å². The van der Waals surface area contributed by atoms with E-state index in [1.165, 1.54) is 75.8 Å². The second-order valence-corrected chi connectivity index (χ2v) is 15.1. The van der Waals surface area contributed by atoms with Crippen LogP contribution in [-0.4, -0.2) is 0 Å². The van der Waals surface area contributed by atoms with Crippen LogP contribution in [0, 0.1) is 0 Å². The van der Waals surface area contributed by atoms with Crippen LogP contribution in [0.3, 0.4) is 0 Å². The number of benzene rings is 9. The molecule has 0 N–H and O–H groups in total. The predicted molar refractivity (Wildman–Crippen MR) is 241 cm³/mol. The van der Waals surface area contributed by atoms with E-state index in [2.05, 4.69) is 229 Å². The van der Waals surface area contributed by atoms with Gasteiger partial charge in [-0.15, -0.1) is 11.3 Å². The van der Waals surface area contributed by atoms with Crippen molar-refractivity contribution in [3.8, 4) is 55.6 Å². The second-order valence-electron chi connectivity index (χ2n) is 14.1. The zero-order valence-corrected chi connectivity index (χ0v) is 31.5. The molecular weight excluding hydrogens is 695 g/mol. The number of thiophene rings is 1. The molecule has 0 amide bonds. The van der Waals surface area contributed by atoms with E-state index in [0.29, 0.717) is 0 Å². The zero-order valence-electron chi connectivity index (χ0n) is 30.7. The highest BCUT2D eigenvalue weighted by atomic mass is 32.1. The Hall–Kier alpha value is -7.00. The van der Waals surface area contributed by atoms with Crippen LogP contribution in [0.1, 0.15) is 0 Å². The lowest BCUT2D eigenvalue weighted by Crippen LogP contribution is -2.10. The third-order valence-corrected chi connectivity index (χ3v) is 11.9. The largest absolute Gasteiger partial charge is 0.310 e. The second kappa shape index (κ2) is 14.7. The minimum Gasteiger partial charge on any atom is -0.310 e. The Balaban J connectivity index is 1.15. The van der Waals surface area contributed by atoms with Crippen LogP contribution in [0.4, 0.5) is 17.1 Å². The summed E-state index contributed by atoms with van der Waals surface area (Å²) in [5.74, 6) is 0. The monoisotopic (exact) mass is 731 g/mol. The topological polar surface area (TPSA) is 3.24 Å². The maximum Gasteiger partial charge on any atom is 0.0555 e. The Morgan fingerprint density at radius 2 is 0.661 bits per heavy atom. The van der Waals surface area contributed by atoms with Crippen molar-refractivity contribution in [1.82, 2.24) is 0 Å². The highest BCUT2D eigenvalue weighted by molar-refractivity contribution is 7.26. The first-order valence-electron chi connectivity index (χ1n) is 19.1. The molecule has 0 aliphatic carbocycles. The van der Waals surface area contributed by atoms with E-state index in [1.807, 2.05) is 11.3 Å². The van der Waals surface area contributed by atoms with Gasteiger partial charge in [0.05, 0.1) is 5.69 Å². The van der Waals surface area contributed by atoms with E-state index < -0.39 is 0 Å². The van der Waals surface area contributed by atoms with Crippen LogP contribution in [0.15, 0.2) is 224 Å². The van der Waals surface area contributed by atoms with Gasteiger partial charge in [0.15, 0.2) is 0 Å². The summed E-state index contributed by atoms with van der Waals surface area (Å²) in [6.07, 6.45) is 0. The molecule has 2 heteroatoms. The Kier molecular flexibility index (Phi) is 8.79. The zero-order chi connectivity index (χ0) is 37.3. The van der Waals surface area contributed by atoms with Crippen LogP contribution < -0.4 is 4.90 Å². The van der Waals surface area contributed by atoms with E-state index >= 15 is 0 Å². The van der Waals surface area contributed by atoms with E-state index in [0.717, 1.165) is 17.1 Å². The van der Waals surface area contributed by atoms with Gasteiger partial charge in [0, 0.05) is 31.5 Å². The summed E-state index contributed by atoms with van der Waals surface area (Å²) in [5.41, 5.74) is 15.6. The molecule has 264 valence electrons. The summed E-state index contributed by atoms with van der Waals surface area (Å²) in [7, 11) is 0. The molecule has 1 heterocycles. The molecule has 9 aromatic carbocycles. The molecule has 0 spiro atoms. The minimum atomic E-state index is 1.10. The van der Waals surface area contributed by atoms with Gasteiger partial charge >= 0.3 is 0 Å². The average molecular weight is 732 g/mol. The number of anilines is 3. The summed E-state index contributed by atoms with van der Waals surface area (Å²) in [5, 5.41) is 2.54. The van der Waals surface area contributed by atoms with Crippen molar-refractivity contribution >= 4 is 48.6 Å². The first kappa shape index (κ1) is 33.6. The molecule has 0 atom stereocenters. The normalized spacial score (nSPS) is 11.2. The van der Waals surface area contributed by atoms with Crippen LogP contribution in [-0.2, 0) is 0 Å². The van der Waals surface area contributed by atoms with Gasteiger partial charge in [0.25, 0.3) is 0 Å². The lowest BCUT2D eigenvalue weighted by atomic mass is 9.94. The fourth-order valence-corrected chi connectivity index (χ4v) is 9.32. The van der Waals surface area contributed by atoms with Crippen molar-refractivity contribution in [3.63, 3.8) is 0 Å². The Morgan fingerprint density at radius 1 is 0.286 bits per heavy atom. The highest BCUT2D eigenvalue weighted by Crippen LogP contribution is 2.49. The number of nitrogens with zero attached hydrogens (tertiary/aromatic N) is 1. The number of rotatable bonds is 8. The smallest absolute Gasteiger partial charge is 0.0555 e. The predicted octanol–water partition coefficient (Wildman–Crippen LogP) is 15.9. The summed E-state index contributed by atoms with van der Waals surface area (Å²) >= 11 is 1.88. The molecule has 0 aliphatic rings. The van der Waals surface area contributed by atoms with Gasteiger partial charge in [-0.2, -0.15) is 0 Å². The molecular formula is C54H37NS. The van der Waals surface area contributed by atoms with Crippen molar-refractivity contribution in [3.05, 3.63) is 224 Å². The summed E-state index contributed by atoms with van der Waals surface area (Å²) in [6, 6.07) is 81.2. The van der Waals surface area contributed by atoms with E-state index in [-0.39, 0.29) is 0 Å². The van der Waals surface area contributed by atoms with Gasteiger partial charge in [0.2, 0.25) is 0 Å². The van der Waals surface area contributed by atoms with E-state index in [1.54, 1.807) is 0 Å². The first-order valence-corrected chi connectivity index (χ1v) is 19.9. The van der Waals surface area contributed by atoms with Crippen molar-refractivity contribution < 1.29 is 0 Å². The van der Waals surface area contributed by atoms with Crippen LogP contribution in [0.5, 0.6) is 0 Å². The van der Waals surface area contributed by atoms with E-state index in [4.69, 9.17) is 0 Å². The third kappa shape index (κ3) is 6.17. The van der Waals surface area contributed by atoms with Gasteiger partial charge in [-0.3, -0.25) is 0 Å². The standard InChI is InChI=1S/C54H37NS/c1-4-16-38(17-5-1)45-22-10-12-24-47(45)41-28-32-43(33-29-41)55(44-34-30-42(31-35-44)48-25-13-11-23-46(48)39-18-6-2-7-19-39)51-37-36-49(40-20-8-3-9-21-40)54-53(51)50-26-14-15-27-52(50)56-54/h1-37H. The molecule has 1 aromatic heterocycles. The van der Waals surface area contributed by atoms with Crippen molar-refractivity contribution in [2.24, 2.45) is 0 Å².